The van der Waals surface area contributed by atoms with Gasteiger partial charge >= 0.3 is 0 Å². The minimum atomic E-state index is -0.466. The molecule has 1 unspecified atom stereocenters. The lowest BCUT2D eigenvalue weighted by atomic mass is 10.1. The summed E-state index contributed by atoms with van der Waals surface area (Å²) >= 11 is 0. The molecule has 0 saturated carbocycles. The van der Waals surface area contributed by atoms with Crippen molar-refractivity contribution in [1.82, 2.24) is 0 Å². The van der Waals surface area contributed by atoms with Gasteiger partial charge in [0, 0.05) is 48.2 Å². The summed E-state index contributed by atoms with van der Waals surface area (Å²) in [6.45, 7) is 2.26. The molecule has 2 N–H and O–H groups in total. The number of anilines is 2. The molecule has 0 spiro atoms. The molecule has 2 aromatic carbocycles. The molecular weight excluding hydrogens is 300 g/mol. The standard InChI is InChI=1S/C15H16N4O4/c1-11(10-16)17(12-2-6-14(7-3-12)18(20)21)13-4-8-15(9-5-13)19(22)23/h2-9,11H,10,16H2,1H3. The van der Waals surface area contributed by atoms with Crippen LogP contribution in [0.4, 0.5) is 22.7 Å². The molecule has 8 nitrogen and oxygen atoms in total. The van der Waals surface area contributed by atoms with Crippen molar-refractivity contribution in [3.8, 4) is 0 Å². The number of nitro groups is 2. The first-order valence-corrected chi connectivity index (χ1v) is 6.92. The zero-order chi connectivity index (χ0) is 17.0. The van der Waals surface area contributed by atoms with E-state index in [4.69, 9.17) is 5.73 Å². The Kier molecular flexibility index (Phi) is 4.87. The highest BCUT2D eigenvalue weighted by Gasteiger charge is 2.18. The monoisotopic (exact) mass is 316 g/mol. The Balaban J connectivity index is 2.40. The first-order chi connectivity index (χ1) is 10.9. The number of nitrogens with two attached hydrogens (primary N) is 1. The molecule has 2 rings (SSSR count). The van der Waals surface area contributed by atoms with Gasteiger partial charge in [-0.25, -0.2) is 0 Å². The van der Waals surface area contributed by atoms with Crippen molar-refractivity contribution in [2.24, 2.45) is 5.73 Å². The second-order valence-electron chi connectivity index (χ2n) is 5.00. The van der Waals surface area contributed by atoms with E-state index in [1.165, 1.54) is 24.3 Å². The number of hydrogen-bond donors (Lipinski definition) is 1. The second kappa shape index (κ2) is 6.84. The van der Waals surface area contributed by atoms with Gasteiger partial charge in [-0.2, -0.15) is 0 Å². The number of rotatable bonds is 6. The van der Waals surface area contributed by atoms with Crippen LogP contribution < -0.4 is 10.6 Å². The van der Waals surface area contributed by atoms with Crippen LogP contribution in [-0.4, -0.2) is 22.4 Å². The van der Waals surface area contributed by atoms with Crippen LogP contribution in [0.1, 0.15) is 6.92 Å². The van der Waals surface area contributed by atoms with Gasteiger partial charge in [0.15, 0.2) is 0 Å². The van der Waals surface area contributed by atoms with Gasteiger partial charge in [-0.15, -0.1) is 0 Å². The fourth-order valence-corrected chi connectivity index (χ4v) is 2.23. The molecule has 8 heteroatoms. The Labute approximate surface area is 132 Å². The number of benzene rings is 2. The van der Waals surface area contributed by atoms with Gasteiger partial charge in [-0.1, -0.05) is 0 Å². The molecule has 0 saturated heterocycles. The van der Waals surface area contributed by atoms with Crippen LogP contribution in [0.2, 0.25) is 0 Å². The minimum Gasteiger partial charge on any atom is -0.337 e. The van der Waals surface area contributed by atoms with Crippen LogP contribution in [0.3, 0.4) is 0 Å². The molecule has 0 heterocycles. The van der Waals surface area contributed by atoms with Crippen molar-refractivity contribution in [3.63, 3.8) is 0 Å². The summed E-state index contributed by atoms with van der Waals surface area (Å²) in [5.74, 6) is 0. The summed E-state index contributed by atoms with van der Waals surface area (Å²) < 4.78 is 0. The predicted molar refractivity (Wildman–Crippen MR) is 86.8 cm³/mol. The highest BCUT2D eigenvalue weighted by molar-refractivity contribution is 5.66. The predicted octanol–water partition coefficient (Wildman–Crippen LogP) is 2.99. The Morgan fingerprint density at radius 2 is 1.26 bits per heavy atom. The zero-order valence-electron chi connectivity index (χ0n) is 12.5. The lowest BCUT2D eigenvalue weighted by molar-refractivity contribution is -0.385. The first kappa shape index (κ1) is 16.4. The van der Waals surface area contributed by atoms with E-state index in [0.29, 0.717) is 6.54 Å². The highest BCUT2D eigenvalue weighted by atomic mass is 16.6. The van der Waals surface area contributed by atoms with Crippen molar-refractivity contribution in [1.29, 1.82) is 0 Å². The SMILES string of the molecule is CC(CN)N(c1ccc([N+](=O)[O-])cc1)c1ccc([N+](=O)[O-])cc1. The highest BCUT2D eigenvalue weighted by Crippen LogP contribution is 2.30. The molecule has 0 radical (unpaired) electrons. The van der Waals surface area contributed by atoms with E-state index < -0.39 is 9.85 Å². The van der Waals surface area contributed by atoms with E-state index in [1.54, 1.807) is 24.3 Å². The van der Waals surface area contributed by atoms with Gasteiger partial charge in [0.1, 0.15) is 0 Å². The van der Waals surface area contributed by atoms with Gasteiger partial charge in [0.25, 0.3) is 11.4 Å². The van der Waals surface area contributed by atoms with Gasteiger partial charge in [0.05, 0.1) is 9.85 Å². The topological polar surface area (TPSA) is 116 Å². The zero-order valence-corrected chi connectivity index (χ0v) is 12.5. The average Bonchev–Trinajstić information content (AvgIpc) is 2.55. The molecule has 1 atom stereocenters. The lowest BCUT2D eigenvalue weighted by Gasteiger charge is -2.30. The molecule has 0 aromatic heterocycles. The summed E-state index contributed by atoms with van der Waals surface area (Å²) in [5, 5.41) is 21.5. The van der Waals surface area contributed by atoms with Gasteiger partial charge < -0.3 is 10.6 Å². The van der Waals surface area contributed by atoms with Gasteiger partial charge in [0.2, 0.25) is 0 Å². The third kappa shape index (κ3) is 3.61. The summed E-state index contributed by atoms with van der Waals surface area (Å²) in [6, 6.07) is 12.1. The maximum Gasteiger partial charge on any atom is 0.269 e. The van der Waals surface area contributed by atoms with Crippen LogP contribution >= 0.6 is 0 Å². The molecule has 0 aliphatic heterocycles. The van der Waals surface area contributed by atoms with Crippen molar-refractivity contribution < 1.29 is 9.85 Å². The minimum absolute atomic E-state index is 0.00204. The van der Waals surface area contributed by atoms with E-state index in [0.717, 1.165) is 11.4 Å². The molecule has 0 amide bonds. The third-order valence-electron chi connectivity index (χ3n) is 3.46. The fourth-order valence-electron chi connectivity index (χ4n) is 2.23. The normalized spacial score (nSPS) is 11.7. The van der Waals surface area contributed by atoms with E-state index >= 15 is 0 Å². The summed E-state index contributed by atoms with van der Waals surface area (Å²) in [5.41, 5.74) is 7.19. The first-order valence-electron chi connectivity index (χ1n) is 6.92. The quantitative estimate of drug-likeness (QED) is 0.647. The van der Waals surface area contributed by atoms with Crippen LogP contribution in [0.5, 0.6) is 0 Å². The largest absolute Gasteiger partial charge is 0.337 e. The molecule has 2 aromatic rings. The molecule has 0 aliphatic carbocycles. The fraction of sp³-hybridized carbons (Fsp3) is 0.200. The molecule has 0 aliphatic rings. The number of non-ortho nitro benzene ring substituents is 2. The van der Waals surface area contributed by atoms with Crippen molar-refractivity contribution in [2.45, 2.75) is 13.0 Å². The maximum absolute atomic E-state index is 10.8. The van der Waals surface area contributed by atoms with Gasteiger partial charge in [-0.05, 0) is 31.2 Å². The van der Waals surface area contributed by atoms with Crippen molar-refractivity contribution >= 4 is 22.7 Å². The van der Waals surface area contributed by atoms with Crippen molar-refractivity contribution in [3.05, 3.63) is 68.8 Å². The van der Waals surface area contributed by atoms with Crippen LogP contribution in [0, 0.1) is 20.2 Å². The Hall–Kier alpha value is -3.00. The summed E-state index contributed by atoms with van der Waals surface area (Å²) in [4.78, 5) is 22.5. The van der Waals surface area contributed by atoms with E-state index in [9.17, 15) is 20.2 Å². The molecular formula is C15H16N4O4. The van der Waals surface area contributed by atoms with Crippen LogP contribution in [0.25, 0.3) is 0 Å². The summed E-state index contributed by atoms with van der Waals surface area (Å²) in [7, 11) is 0. The lowest BCUT2D eigenvalue weighted by Crippen LogP contribution is -2.34. The third-order valence-corrected chi connectivity index (χ3v) is 3.46. The molecule has 120 valence electrons. The molecule has 0 bridgehead atoms. The Morgan fingerprint density at radius 3 is 1.52 bits per heavy atom. The average molecular weight is 316 g/mol. The number of hydrogen-bond acceptors (Lipinski definition) is 6. The van der Waals surface area contributed by atoms with E-state index in [-0.39, 0.29) is 17.4 Å². The number of nitrogens with zero attached hydrogens (tertiary/aromatic N) is 3. The van der Waals surface area contributed by atoms with Crippen molar-refractivity contribution in [2.75, 3.05) is 11.4 Å². The van der Waals surface area contributed by atoms with E-state index in [1.807, 2.05) is 11.8 Å². The number of nitro benzene ring substituents is 2. The molecule has 0 fully saturated rings. The maximum atomic E-state index is 10.8. The van der Waals surface area contributed by atoms with Crippen LogP contribution in [-0.2, 0) is 0 Å². The Morgan fingerprint density at radius 1 is 0.913 bits per heavy atom. The smallest absolute Gasteiger partial charge is 0.269 e. The summed E-state index contributed by atoms with van der Waals surface area (Å²) in [6.07, 6.45) is 0. The molecule has 23 heavy (non-hydrogen) atoms. The van der Waals surface area contributed by atoms with Crippen LogP contribution in [0.15, 0.2) is 48.5 Å². The second-order valence-corrected chi connectivity index (χ2v) is 5.00. The Bertz CT molecular complexity index is 643. The van der Waals surface area contributed by atoms with Gasteiger partial charge in [-0.3, -0.25) is 20.2 Å². The van der Waals surface area contributed by atoms with E-state index in [2.05, 4.69) is 0 Å².